The first-order chi connectivity index (χ1) is 70.2. The van der Waals surface area contributed by atoms with Gasteiger partial charge >= 0.3 is 0 Å². The van der Waals surface area contributed by atoms with E-state index in [1.807, 2.05) is 128 Å². The van der Waals surface area contributed by atoms with E-state index < -0.39 is 4.92 Å². The third-order valence-corrected chi connectivity index (χ3v) is 27.9. The number of carbonyl (C=O) groups excluding carboxylic acids is 5. The molecule has 0 amide bonds. The Morgan fingerprint density at radius 3 is 0.945 bits per heavy atom. The second-order valence-electron chi connectivity index (χ2n) is 32.4. The summed E-state index contributed by atoms with van der Waals surface area (Å²) in [6.07, 6.45) is 25.5. The number of aryl methyl sites for hydroxylation is 3. The lowest BCUT2D eigenvalue weighted by molar-refractivity contribution is -0.384. The maximum atomic E-state index is 13.3. The van der Waals surface area contributed by atoms with Crippen molar-refractivity contribution >= 4 is 170 Å². The molecule has 0 radical (unpaired) electrons. The summed E-state index contributed by atoms with van der Waals surface area (Å²) < 4.78 is 22.8. The van der Waals surface area contributed by atoms with Gasteiger partial charge in [0, 0.05) is 118 Å². The van der Waals surface area contributed by atoms with E-state index in [4.69, 9.17) is 33.2 Å². The molecule has 0 atom stereocenters. The van der Waals surface area contributed by atoms with Gasteiger partial charge in [-0.3, -0.25) is 56.1 Å². The number of nitrogens with zero attached hydrogens (tertiary/aromatic N) is 11. The van der Waals surface area contributed by atoms with Gasteiger partial charge in [-0.05, 0) is 216 Å². The lowest BCUT2D eigenvalue weighted by Gasteiger charge is -2.06. The van der Waals surface area contributed by atoms with Crippen LogP contribution >= 0.6 is 79.9 Å². The van der Waals surface area contributed by atoms with Crippen molar-refractivity contribution in [1.29, 1.82) is 0 Å². The molecule has 0 spiro atoms. The van der Waals surface area contributed by atoms with Crippen LogP contribution in [0.15, 0.2) is 259 Å². The normalized spacial score (nSPS) is 11.6. The number of allylic oxidation sites excluding steroid dienone is 5. The molecule has 0 saturated carbocycles. The van der Waals surface area contributed by atoms with E-state index in [2.05, 4.69) is 15.0 Å². The third-order valence-electron chi connectivity index (χ3n) is 23.2. The van der Waals surface area contributed by atoms with Gasteiger partial charge in [0.05, 0.1) is 135 Å². The fourth-order valence-corrected chi connectivity index (χ4v) is 19.8. The minimum absolute atomic E-state index is 0.0239. The lowest BCUT2D eigenvalue weighted by Crippen LogP contribution is -2.00. The Bertz CT molecular complexity index is 8200. The van der Waals surface area contributed by atoms with E-state index in [1.54, 1.807) is 178 Å². The number of aliphatic hydroxyl groups is 11. The Morgan fingerprint density at radius 2 is 0.621 bits per heavy atom. The molecule has 10 aromatic heterocycles. The van der Waals surface area contributed by atoms with E-state index in [-0.39, 0.29) is 118 Å². The Labute approximate surface area is 856 Å². The highest BCUT2D eigenvalue weighted by Gasteiger charge is 2.24. The summed E-state index contributed by atoms with van der Waals surface area (Å²) in [6.45, 7) is 3.69. The maximum Gasteiger partial charge on any atom is 0.288 e. The molecule has 19 aromatic rings. The lowest BCUT2D eigenvalue weighted by atomic mass is 10.0. The third kappa shape index (κ3) is 24.2. The minimum Gasteiger partial charge on any atom is -0.392 e. The number of carbonyl (C=O) groups is 5. The van der Waals surface area contributed by atoms with Crippen molar-refractivity contribution in [3.05, 3.63) is 418 Å². The summed E-state index contributed by atoms with van der Waals surface area (Å²) in [7, 11) is 0. The van der Waals surface area contributed by atoms with Gasteiger partial charge in [0.15, 0.2) is 53.7 Å². The number of aliphatic hydroxyl groups excluding tert-OH is 11. The molecule has 0 saturated heterocycles. The number of benzene rings is 9. The van der Waals surface area contributed by atoms with Crippen LogP contribution in [-0.2, 0) is 72.7 Å². The van der Waals surface area contributed by atoms with Crippen LogP contribution in [-0.4, -0.2) is 137 Å². The predicted octanol–water partition coefficient (Wildman–Crippen LogP) is 19.8. The van der Waals surface area contributed by atoms with Crippen molar-refractivity contribution in [3.63, 3.8) is 0 Å². The van der Waals surface area contributed by atoms with Gasteiger partial charge in [0.1, 0.15) is 10.8 Å². The highest BCUT2D eigenvalue weighted by molar-refractivity contribution is 7.17. The first kappa shape index (κ1) is 105. The number of nitro benzene ring substituents is 1. The van der Waals surface area contributed by atoms with Crippen molar-refractivity contribution in [1.82, 2.24) is 46.9 Å². The average Bonchev–Trinajstić information content (AvgIpc) is 1.59. The minimum atomic E-state index is -0.557. The monoisotopic (exact) mass is 2080 g/mol. The van der Waals surface area contributed by atoms with Crippen LogP contribution in [0, 0.1) is 36.7 Å². The molecule has 736 valence electrons. The number of aromatic nitrogens is 10. The fraction of sp³-hybridized carbons (Fsp3) is 0.130. The summed E-state index contributed by atoms with van der Waals surface area (Å²) in [5, 5.41) is 121. The zero-order chi connectivity index (χ0) is 103. The molecular formula is C108H90Cl2FN11O18S5. The molecular weight excluding hydrogens is 1990 g/mol. The predicted molar refractivity (Wildman–Crippen MR) is 562 cm³/mol. The summed E-state index contributed by atoms with van der Waals surface area (Å²) in [5.41, 5.74) is 18.7. The van der Waals surface area contributed by atoms with Crippen LogP contribution in [0.2, 0.25) is 10.0 Å². The number of ketones is 5. The number of imidazole rings is 5. The smallest absolute Gasteiger partial charge is 0.288 e. The molecule has 0 aliphatic heterocycles. The van der Waals surface area contributed by atoms with E-state index >= 15 is 0 Å². The van der Waals surface area contributed by atoms with Crippen LogP contribution in [0.3, 0.4) is 0 Å². The Hall–Kier alpha value is -14.7. The molecule has 9 aromatic carbocycles. The second kappa shape index (κ2) is 48.2. The Kier molecular flexibility index (Phi) is 34.8. The first-order valence-corrected chi connectivity index (χ1v) is 49.5. The van der Waals surface area contributed by atoms with Gasteiger partial charge in [0.25, 0.3) is 5.69 Å². The summed E-state index contributed by atoms with van der Waals surface area (Å²) in [4.78, 5) is 103. The molecule has 145 heavy (non-hydrogen) atoms. The first-order valence-electron chi connectivity index (χ1n) is 44.5. The van der Waals surface area contributed by atoms with Gasteiger partial charge in [-0.15, -0.1) is 56.7 Å². The topological polar surface area (TPSA) is 438 Å². The number of fused-ring (bicyclic) bond motifs is 5. The van der Waals surface area contributed by atoms with Crippen LogP contribution in [0.5, 0.6) is 0 Å². The molecule has 0 aliphatic carbocycles. The molecule has 10 heterocycles. The highest BCUT2D eigenvalue weighted by Crippen LogP contribution is 2.38. The van der Waals surface area contributed by atoms with E-state index in [9.17, 15) is 94.6 Å². The molecule has 0 aliphatic rings. The second-order valence-corrected chi connectivity index (χ2v) is 38.3. The van der Waals surface area contributed by atoms with Crippen molar-refractivity contribution in [2.24, 2.45) is 0 Å². The molecule has 0 unspecified atom stereocenters. The number of thiazole rings is 5. The number of halogens is 3. The zero-order valence-electron chi connectivity index (χ0n) is 77.4. The van der Waals surface area contributed by atoms with E-state index in [0.29, 0.717) is 116 Å². The number of hydrogen-bond donors (Lipinski definition) is 11. The molecule has 0 bridgehead atoms. The average molecular weight is 2080 g/mol. The van der Waals surface area contributed by atoms with Crippen LogP contribution in [0.1, 0.15) is 157 Å². The number of nitro groups is 1. The van der Waals surface area contributed by atoms with Crippen molar-refractivity contribution in [2.75, 3.05) is 0 Å². The maximum absolute atomic E-state index is 13.3. The molecule has 11 N–H and O–H groups in total. The van der Waals surface area contributed by atoms with Gasteiger partial charge in [-0.2, -0.15) is 0 Å². The van der Waals surface area contributed by atoms with Crippen LogP contribution < -0.4 is 0 Å². The van der Waals surface area contributed by atoms with Gasteiger partial charge in [-0.25, -0.2) is 29.3 Å². The highest BCUT2D eigenvalue weighted by atomic mass is 35.5. The number of rotatable bonds is 31. The Balaban J connectivity index is 0.000000137. The van der Waals surface area contributed by atoms with E-state index in [1.165, 1.54) is 83.4 Å². The molecule has 19 rings (SSSR count). The molecule has 29 nitrogen and oxygen atoms in total. The van der Waals surface area contributed by atoms with Crippen LogP contribution in [0.25, 0.3) is 100 Å². The Morgan fingerprint density at radius 1 is 0.338 bits per heavy atom. The molecule has 37 heteroatoms. The SMILES string of the molecule is Cc1cn2c(/C=C/C(=O)c3ccc(CO)c(CO)c3)c(-c3ccc(CO)cc3)nc2s1.Cc1cn2c(/C=C/C(=O)c3ccc(CO)c(CO)c3)c(-c3ccc(Cl)cc3)nc2s1.Cc1nc2sccn2c1/C=C/C(=O)c1ccc(CO)c(CO)c1.O=C(/C=C/c1c(-c2ccc(Cl)c([N+](=O)[O-])c2)nc2sccn12)c1ccc(CO)c(CO)c1.O=C(/C=C/c1c(-c2ccc(F)cc2)nc2sccn12)c1ccc(CO)c(CO)c1. The summed E-state index contributed by atoms with van der Waals surface area (Å²) >= 11 is 19.5. The van der Waals surface area contributed by atoms with Crippen molar-refractivity contribution < 1.29 is 89.5 Å². The zero-order valence-corrected chi connectivity index (χ0v) is 83.0. The summed E-state index contributed by atoms with van der Waals surface area (Å²) in [6, 6.07) is 49.8. The van der Waals surface area contributed by atoms with Gasteiger partial charge in [0.2, 0.25) is 0 Å². The van der Waals surface area contributed by atoms with E-state index in [0.717, 1.165) is 91.7 Å². The fourth-order valence-electron chi connectivity index (χ4n) is 15.6. The van der Waals surface area contributed by atoms with Crippen molar-refractivity contribution in [3.8, 4) is 45.0 Å². The number of hydrogen-bond acceptors (Lipinski definition) is 28. The van der Waals surface area contributed by atoms with Crippen molar-refractivity contribution in [2.45, 2.75) is 93.4 Å². The van der Waals surface area contributed by atoms with Gasteiger partial charge in [-0.1, -0.05) is 126 Å². The summed E-state index contributed by atoms with van der Waals surface area (Å²) in [5.74, 6) is -1.43. The van der Waals surface area contributed by atoms with Crippen LogP contribution in [0.4, 0.5) is 10.1 Å². The standard InChI is InChI=1S/C24H22N2O4S.C23H19ClN2O3S.C22H16ClN3O5S.C22H17FN2O3S.C17H16N2O3S/c1-15-11-26-21(8-9-22(30)18-6-7-19(13-28)20(10-18)14-29)23(25-24(26)31-15)17-4-2-16(12-27)3-5-17;1-14-11-26-20(22(25-23(26)30-14)15-4-6-19(24)7-5-15)8-9-21(29)16-2-3-17(12-27)18(10-16)13-28;23-17-4-3-14(10-19(17)26(30)31)21-18(25-7-8-32-22(25)24-21)5-6-20(29)13-1-2-15(11-27)16(9-13)12-28;23-18-5-3-14(4-6-18)21-19(25-9-10-29-22(25)24-21)7-8-20(28)15-1-2-16(12-26)17(11-15)13-27;1-11-15(19-6-7-23-17(19)18-11)4-5-16(22)12-2-3-13(9-20)14(8-12)10-21/h2-11,27-29H,12-14H2,1H3;2-11,27-28H,12-13H2,1H3;1-10,27-28H,11-12H2;1-11,26-27H,12-13H2;2-8,20-21H,9-10H2,1H3/b2*9-8+;6-5+;8-7+;5-4+. The largest absolute Gasteiger partial charge is 0.392 e. The molecule has 0 fully saturated rings. The van der Waals surface area contributed by atoms with Gasteiger partial charge < -0.3 is 56.2 Å². The quantitative estimate of drug-likeness (QED) is 0.00832.